The van der Waals surface area contributed by atoms with Crippen molar-refractivity contribution < 1.29 is 166 Å². The summed E-state index contributed by atoms with van der Waals surface area (Å²) in [5.74, 6) is 4.65. The minimum absolute atomic E-state index is 0.459. The minimum Gasteiger partial charge on any atom is -0.491 e. The number of hydrogen-bond acceptors (Lipinski definition) is 16. The van der Waals surface area contributed by atoms with Crippen LogP contribution in [-0.4, -0.2) is 121 Å². The van der Waals surface area contributed by atoms with E-state index in [-0.39, 0.29) is 0 Å². The van der Waals surface area contributed by atoms with Crippen LogP contribution in [0.5, 0.6) is 23.0 Å². The molecule has 0 saturated carbocycles. The number of benzene rings is 3. The van der Waals surface area contributed by atoms with Crippen LogP contribution in [0.15, 0.2) is 171 Å². The van der Waals surface area contributed by atoms with E-state index >= 15 is 0 Å². The van der Waals surface area contributed by atoms with Gasteiger partial charge in [-0.05, 0) is 70.8 Å². The fourth-order valence-electron chi connectivity index (χ4n) is 8.23. The molecule has 18 aliphatic rings. The monoisotopic (exact) mass is 1790 g/mol. The van der Waals surface area contributed by atoms with Crippen LogP contribution < -0.4 is 37.2 Å². The SMILES string of the molecule is CC#N.CC#N.CC#N.CC#N.F[P-](F)(F)(F)(F)F.F[P-](F)(F)(F)(F)F.F[P-](F)(F)(F)(F)F.F[P-](F)(F)(F)(F)F.c1cc2ccc1C[n+]1ccc(cc1)-c1cc[n+](cc1)Cc1n[nH]c(n1)C[n+]1ccc(cc1)-c1cc[n+](cc1)C2.c1cc2ccc1OCCOCCOCCOCCOc1ccc(cc1)OCCOCCOCCOCCO2. The Morgan fingerprint density at radius 2 is 0.444 bits per heavy atom. The summed E-state index contributed by atoms with van der Waals surface area (Å²) >= 11 is 0. The summed E-state index contributed by atoms with van der Waals surface area (Å²) in [4.78, 5) is 4.71. The molecule has 49 heteroatoms. The molecule has 5 aromatic heterocycles. The summed E-state index contributed by atoms with van der Waals surface area (Å²) in [7, 11) is -42.6. The molecule has 3 aromatic carbocycles. The van der Waals surface area contributed by atoms with Crippen LogP contribution in [0, 0.1) is 45.3 Å². The summed E-state index contributed by atoms with van der Waals surface area (Å²) in [5, 5.41) is 36.8. The summed E-state index contributed by atoms with van der Waals surface area (Å²) in [6.45, 7) is 16.4. The van der Waals surface area contributed by atoms with E-state index in [1.54, 1.807) is 24.3 Å². The van der Waals surface area contributed by atoms with Gasteiger partial charge in [-0.2, -0.15) is 35.3 Å². The van der Waals surface area contributed by atoms with Gasteiger partial charge in [-0.3, -0.25) is 5.10 Å². The maximum absolute atomic E-state index is 10.7. The predicted molar refractivity (Wildman–Crippen MR) is 383 cm³/mol. The van der Waals surface area contributed by atoms with Crippen molar-refractivity contribution >= 4 is 31.2 Å². The van der Waals surface area contributed by atoms with Crippen LogP contribution in [0.1, 0.15) is 50.5 Å². The van der Waals surface area contributed by atoms with Gasteiger partial charge in [-0.25, -0.2) is 14.1 Å². The molecule has 656 valence electrons. The van der Waals surface area contributed by atoms with Crippen molar-refractivity contribution in [3.8, 4) is 69.5 Å². The Hall–Kier alpha value is -9.64. The third kappa shape index (κ3) is 73.7. The molecule has 26 rings (SSSR count). The van der Waals surface area contributed by atoms with Crippen molar-refractivity contribution in [2.75, 3.05) is 106 Å². The van der Waals surface area contributed by atoms with Gasteiger partial charge < -0.3 is 47.4 Å². The van der Waals surface area contributed by atoms with E-state index in [1.165, 1.54) is 61.1 Å². The van der Waals surface area contributed by atoms with Gasteiger partial charge in [0, 0.05) is 87.4 Å². The van der Waals surface area contributed by atoms with Gasteiger partial charge in [-0.15, -0.1) is 0 Å². The van der Waals surface area contributed by atoms with Crippen molar-refractivity contribution in [2.45, 2.75) is 53.9 Å². The van der Waals surface area contributed by atoms with Gasteiger partial charge in [0.2, 0.25) is 18.9 Å². The van der Waals surface area contributed by atoms with Gasteiger partial charge in [-0.1, -0.05) is 24.3 Å². The second kappa shape index (κ2) is 44.2. The first-order valence-corrected chi connectivity index (χ1v) is 41.3. The summed E-state index contributed by atoms with van der Waals surface area (Å²) in [6, 6.07) is 48.1. The molecule has 21 nitrogen and oxygen atoms in total. The number of halogens is 24. The molecular weight excluding hydrogens is 1710 g/mol. The van der Waals surface area contributed by atoms with E-state index < -0.39 is 31.2 Å². The molecule has 0 fully saturated rings. The zero-order valence-electron chi connectivity index (χ0n) is 62.2. The number of H-pyrrole nitrogens is 1. The molecule has 0 unspecified atom stereocenters. The maximum atomic E-state index is 9.87. The van der Waals surface area contributed by atoms with Crippen molar-refractivity contribution in [3.05, 3.63) is 194 Å². The quantitative estimate of drug-likeness (QED) is 0.0842. The first kappa shape index (κ1) is 105. The zero-order chi connectivity index (χ0) is 88.8. The van der Waals surface area contributed by atoms with Gasteiger partial charge in [0.1, 0.15) is 49.4 Å². The Kier molecular flexibility index (Phi) is 39.8. The first-order chi connectivity index (χ1) is 53.6. The standard InChI is InChI=1S/C32H28N7.C28H40O10.4C2H3N.4F6P/c1-2-26-4-3-25(1)21-36-13-5-27(6-14-36)29-9-17-38(18-10-29)23-31-33-32(35-34-31)24-39-19-11-30(12-20-39)28-7-15-37(22-26)16-8-28;1-2-26-4-3-25(1)35-21-17-31-13-9-29-11-15-33-19-23-37-27-5-7-28(8-6-27)38-24-20-34-16-12-30-10-14-32-18-22-36-26;4*1-2-3;4*1-7(2,3,4,5)6/h1-20H,21-24H2;1-8H,9-24H2;4*1H3;;;;/q+3;;;;;;4*-1/p+1. The number of pyridine rings is 4. The smallest absolute Gasteiger partial charge is 0.216 e. The first-order valence-electron chi connectivity index (χ1n) is 33.2. The van der Waals surface area contributed by atoms with Gasteiger partial charge in [0.25, 0.3) is 0 Å². The summed E-state index contributed by atoms with van der Waals surface area (Å²) < 4.78 is 301. The molecule has 0 radical (unpaired) electrons. The molecule has 1 N–H and O–H groups in total. The Morgan fingerprint density at radius 1 is 0.274 bits per heavy atom. The number of nitriles is 4. The molecule has 117 heavy (non-hydrogen) atoms. The largest absolute Gasteiger partial charge is 0.491 e. The normalized spacial score (nSPS) is 16.3. The molecule has 0 amide bonds. The van der Waals surface area contributed by atoms with Crippen molar-refractivity contribution in [2.24, 2.45) is 0 Å². The van der Waals surface area contributed by atoms with Crippen molar-refractivity contribution in [3.63, 3.8) is 0 Å². The molecule has 0 saturated heterocycles. The third-order valence-electron chi connectivity index (χ3n) is 12.3. The molecule has 8 aromatic rings. The van der Waals surface area contributed by atoms with Gasteiger partial charge >= 0.3 is 132 Å². The molecule has 23 heterocycles. The number of ether oxygens (including phenoxy) is 10. The average Bonchev–Trinajstić information content (AvgIpc) is 1.10. The maximum Gasteiger partial charge on any atom is 0.216 e. The number of aromatic amines is 1. The molecular formula is C68H81F24N11O10P4. The fourth-order valence-corrected chi connectivity index (χ4v) is 8.23. The summed E-state index contributed by atoms with van der Waals surface area (Å²) in [5.41, 5.74) is 7.32. The van der Waals surface area contributed by atoms with Crippen molar-refractivity contribution in [1.82, 2.24) is 15.2 Å². The minimum atomic E-state index is -10.7. The van der Waals surface area contributed by atoms with E-state index in [0.717, 1.165) is 47.7 Å². The molecule has 0 spiro atoms. The topological polar surface area (TPSA) is 245 Å². The van der Waals surface area contributed by atoms with Crippen LogP contribution in [0.4, 0.5) is 101 Å². The number of hydrogen-bond donors (Lipinski definition) is 1. The molecule has 0 aliphatic carbocycles. The number of nitrogens with one attached hydrogen (secondary N) is 1. The average molecular weight is 1790 g/mol. The molecule has 0 atom stereocenters. The zero-order valence-corrected chi connectivity index (χ0v) is 65.8. The number of rotatable bonds is 0. The third-order valence-corrected chi connectivity index (χ3v) is 12.3. The second-order valence-corrected chi connectivity index (χ2v) is 30.5. The van der Waals surface area contributed by atoms with Gasteiger partial charge in [0.15, 0.2) is 68.5 Å². The Morgan fingerprint density at radius 3 is 0.641 bits per heavy atom. The van der Waals surface area contributed by atoms with Gasteiger partial charge in [0.05, 0.1) is 104 Å². The number of aromatic nitrogens is 7. The Labute approximate surface area is 654 Å². The van der Waals surface area contributed by atoms with Crippen LogP contribution in [-0.2, 0) is 54.6 Å². The second-order valence-electron chi connectivity index (χ2n) is 22.8. The summed E-state index contributed by atoms with van der Waals surface area (Å²) in [6.07, 6.45) is 16.9. The van der Waals surface area contributed by atoms with Crippen molar-refractivity contribution in [1.29, 1.82) is 21.0 Å². The van der Waals surface area contributed by atoms with Crippen LogP contribution in [0.25, 0.3) is 22.3 Å². The number of nitrogens with zero attached hydrogens (tertiary/aromatic N) is 10. The van der Waals surface area contributed by atoms with E-state index in [1.807, 2.05) is 48.5 Å². The Bertz CT molecular complexity index is 3900. The Balaban J connectivity index is 0.000000802. The molecule has 16 bridgehead atoms. The predicted octanol–water partition coefficient (Wildman–Crippen LogP) is 21.5. The van der Waals surface area contributed by atoms with Crippen LogP contribution >= 0.6 is 31.2 Å². The van der Waals surface area contributed by atoms with E-state index in [2.05, 4.69) is 151 Å². The van der Waals surface area contributed by atoms with E-state index in [0.29, 0.717) is 119 Å². The molecule has 18 aliphatic heterocycles. The van der Waals surface area contributed by atoms with E-state index in [4.69, 9.17) is 73.4 Å². The van der Waals surface area contributed by atoms with Crippen LogP contribution in [0.3, 0.4) is 0 Å². The fraction of sp³-hybridized carbons (Fsp3) is 0.353. The van der Waals surface area contributed by atoms with Crippen LogP contribution in [0.2, 0.25) is 0 Å². The van der Waals surface area contributed by atoms with E-state index in [9.17, 15) is 101 Å².